The van der Waals surface area contributed by atoms with E-state index in [1.54, 1.807) is 0 Å². The summed E-state index contributed by atoms with van der Waals surface area (Å²) in [6.07, 6.45) is 16.7. The van der Waals surface area contributed by atoms with Gasteiger partial charge in [0, 0.05) is 23.7 Å². The highest BCUT2D eigenvalue weighted by Crippen LogP contribution is 2.69. The minimum Gasteiger partial charge on any atom is -0.463 e. The summed E-state index contributed by atoms with van der Waals surface area (Å²) < 4.78 is 25.7. The van der Waals surface area contributed by atoms with E-state index < -0.39 is 22.0 Å². The molecule has 2 atom stereocenters. The van der Waals surface area contributed by atoms with Crippen molar-refractivity contribution >= 4 is 23.9 Å². The molecule has 12 fully saturated rings. The van der Waals surface area contributed by atoms with Crippen molar-refractivity contribution in [2.24, 2.45) is 70.0 Å². The number of ether oxygens (including phenoxy) is 4. The Labute approximate surface area is 310 Å². The Morgan fingerprint density at radius 2 is 0.808 bits per heavy atom. The molecule has 0 aromatic rings. The van der Waals surface area contributed by atoms with Gasteiger partial charge in [-0.25, -0.2) is 0 Å². The van der Waals surface area contributed by atoms with E-state index in [1.807, 2.05) is 27.7 Å². The summed E-state index contributed by atoms with van der Waals surface area (Å²) in [5.41, 5.74) is -3.10. The first-order chi connectivity index (χ1) is 24.8. The van der Waals surface area contributed by atoms with Gasteiger partial charge in [0.2, 0.25) is 0 Å². The lowest BCUT2D eigenvalue weighted by Crippen LogP contribution is -2.65. The molecule has 0 amide bonds. The molecule has 12 aliphatic carbocycles. The molecule has 0 heterocycles. The number of rotatable bonds is 12. The second-order valence-corrected chi connectivity index (χ2v) is 20.6. The van der Waals surface area contributed by atoms with E-state index >= 15 is 9.59 Å². The lowest BCUT2D eigenvalue weighted by molar-refractivity contribution is -0.244. The van der Waals surface area contributed by atoms with Crippen molar-refractivity contribution in [1.29, 1.82) is 0 Å². The van der Waals surface area contributed by atoms with Gasteiger partial charge in [0.1, 0.15) is 11.2 Å². The fourth-order valence-corrected chi connectivity index (χ4v) is 15.4. The predicted molar refractivity (Wildman–Crippen MR) is 192 cm³/mol. The Bertz CT molecular complexity index is 1290. The van der Waals surface area contributed by atoms with Gasteiger partial charge in [0.25, 0.3) is 0 Å². The van der Waals surface area contributed by atoms with Gasteiger partial charge < -0.3 is 18.9 Å². The smallest absolute Gasteiger partial charge is 0.312 e. The van der Waals surface area contributed by atoms with E-state index in [0.29, 0.717) is 30.1 Å². The fourth-order valence-electron chi connectivity index (χ4n) is 15.4. The lowest BCUT2D eigenvalue weighted by Gasteiger charge is -2.63. The van der Waals surface area contributed by atoms with Crippen LogP contribution in [0.5, 0.6) is 0 Å². The van der Waals surface area contributed by atoms with Gasteiger partial charge in [-0.1, -0.05) is 13.8 Å². The van der Waals surface area contributed by atoms with Crippen LogP contribution in [-0.4, -0.2) is 47.3 Å². The summed E-state index contributed by atoms with van der Waals surface area (Å²) in [6.45, 7) is 7.91. The zero-order valence-electron chi connectivity index (χ0n) is 32.3. The van der Waals surface area contributed by atoms with E-state index in [-0.39, 0.29) is 84.4 Å². The Morgan fingerprint density at radius 3 is 1.12 bits per heavy atom. The van der Waals surface area contributed by atoms with E-state index in [0.717, 1.165) is 96.3 Å². The summed E-state index contributed by atoms with van der Waals surface area (Å²) in [6, 6.07) is 0. The van der Waals surface area contributed by atoms with Crippen molar-refractivity contribution < 1.29 is 38.1 Å². The summed E-state index contributed by atoms with van der Waals surface area (Å²) >= 11 is 0. The third-order valence-electron chi connectivity index (χ3n) is 17.2. The second kappa shape index (κ2) is 12.7. The molecule has 0 spiro atoms. The zero-order chi connectivity index (χ0) is 36.2. The normalized spacial score (nSPS) is 48.3. The molecule has 8 heteroatoms. The zero-order valence-corrected chi connectivity index (χ0v) is 32.3. The molecule has 12 bridgehead atoms. The van der Waals surface area contributed by atoms with Crippen LogP contribution in [0.2, 0.25) is 0 Å². The van der Waals surface area contributed by atoms with Crippen LogP contribution >= 0.6 is 0 Å². The lowest BCUT2D eigenvalue weighted by atomic mass is 9.44. The van der Waals surface area contributed by atoms with Crippen LogP contribution in [0.25, 0.3) is 0 Å². The molecule has 0 aromatic heterocycles. The molecular weight excluding hydrogens is 656 g/mol. The molecule has 0 radical (unpaired) electrons. The van der Waals surface area contributed by atoms with Gasteiger partial charge in [-0.3, -0.25) is 19.2 Å². The van der Waals surface area contributed by atoms with Crippen molar-refractivity contribution in [1.82, 2.24) is 0 Å². The van der Waals surface area contributed by atoms with E-state index in [9.17, 15) is 9.59 Å². The maximum Gasteiger partial charge on any atom is 0.312 e. The van der Waals surface area contributed by atoms with Crippen molar-refractivity contribution in [2.45, 2.75) is 180 Å². The Hall–Kier alpha value is -2.12. The van der Waals surface area contributed by atoms with Crippen molar-refractivity contribution in [3.8, 4) is 0 Å². The summed E-state index contributed by atoms with van der Waals surface area (Å²) in [5, 5.41) is 0. The molecule has 0 aromatic carbocycles. The summed E-state index contributed by atoms with van der Waals surface area (Å²) in [5.74, 6) is 3.16. The minimum atomic E-state index is -0.813. The molecular formula is C44H64O8. The molecule has 0 N–H and O–H groups in total. The first-order valence-electron chi connectivity index (χ1n) is 21.7. The molecule has 288 valence electrons. The Kier molecular flexibility index (Phi) is 8.70. The second-order valence-electron chi connectivity index (χ2n) is 20.6. The fraction of sp³-hybridized carbons (Fsp3) is 0.909. The van der Waals surface area contributed by atoms with Gasteiger partial charge in [-0.05, 0) is 165 Å². The molecule has 52 heavy (non-hydrogen) atoms. The quantitative estimate of drug-likeness (QED) is 0.146. The van der Waals surface area contributed by atoms with Crippen LogP contribution in [-0.2, 0) is 38.1 Å². The van der Waals surface area contributed by atoms with Gasteiger partial charge in [-0.15, -0.1) is 0 Å². The van der Waals surface area contributed by atoms with Gasteiger partial charge >= 0.3 is 23.9 Å². The molecule has 2 unspecified atom stereocenters. The highest BCUT2D eigenvalue weighted by Gasteiger charge is 2.69. The minimum absolute atomic E-state index is 0.147. The first-order valence-corrected chi connectivity index (χ1v) is 21.7. The highest BCUT2D eigenvalue weighted by atomic mass is 16.6. The average molecular weight is 721 g/mol. The van der Waals surface area contributed by atoms with Crippen LogP contribution in [0, 0.1) is 70.0 Å². The third kappa shape index (κ3) is 5.70. The summed E-state index contributed by atoms with van der Waals surface area (Å²) in [4.78, 5) is 57.2. The SMILES string of the molecule is CCC(C)OC(=O)CC1(OC(=O)C23CC4CC(C2)CC(C(=O)OC2(CC(=O)OC(C)CC)C5CC6CC(C5)CC2C6)(C4)C3)C2CC3CC(C2)CC1C3. The Balaban J connectivity index is 0.992. The third-order valence-corrected chi connectivity index (χ3v) is 17.2. The number of carbonyl (C=O) groups excluding carboxylic acids is 4. The van der Waals surface area contributed by atoms with E-state index in [2.05, 4.69) is 0 Å². The van der Waals surface area contributed by atoms with Crippen LogP contribution in [0.3, 0.4) is 0 Å². The number of hydrogen-bond donors (Lipinski definition) is 0. The maximum absolute atomic E-state index is 15.1. The standard InChI is InChI=1S/C44H64O8/c1-5-25(3)49-37(45)22-43(33-10-27-7-28(12-33)13-34(43)11-27)51-39(47)41-18-31-9-32(19-41)21-42(20-31,24-41)40(48)52-44(23-38(46)50-26(4)6-2)35-14-29-8-30(16-35)17-36(44)15-29/h25-36H,5-24H2,1-4H3. The van der Waals surface area contributed by atoms with Crippen LogP contribution < -0.4 is 0 Å². The average Bonchev–Trinajstić information content (AvgIpc) is 3.07. The molecule has 12 aliphatic rings. The van der Waals surface area contributed by atoms with E-state index in [4.69, 9.17) is 18.9 Å². The number of hydrogen-bond acceptors (Lipinski definition) is 8. The monoisotopic (exact) mass is 720 g/mol. The van der Waals surface area contributed by atoms with Crippen molar-refractivity contribution in [2.75, 3.05) is 0 Å². The summed E-state index contributed by atoms with van der Waals surface area (Å²) in [7, 11) is 0. The molecule has 8 nitrogen and oxygen atoms in total. The van der Waals surface area contributed by atoms with Crippen molar-refractivity contribution in [3.05, 3.63) is 0 Å². The topological polar surface area (TPSA) is 105 Å². The highest BCUT2D eigenvalue weighted by molar-refractivity contribution is 5.84. The largest absolute Gasteiger partial charge is 0.463 e. The Morgan fingerprint density at radius 1 is 0.500 bits per heavy atom. The molecule has 12 saturated carbocycles. The predicted octanol–water partition coefficient (Wildman–Crippen LogP) is 8.51. The number of esters is 4. The van der Waals surface area contributed by atoms with E-state index in [1.165, 1.54) is 12.8 Å². The van der Waals surface area contributed by atoms with Gasteiger partial charge in [-0.2, -0.15) is 0 Å². The first kappa shape index (κ1) is 35.6. The molecule has 12 rings (SSSR count). The maximum atomic E-state index is 15.1. The van der Waals surface area contributed by atoms with Crippen LogP contribution in [0.1, 0.15) is 156 Å². The molecule has 0 aliphatic heterocycles. The number of carbonyl (C=O) groups is 4. The van der Waals surface area contributed by atoms with Gasteiger partial charge in [0.15, 0.2) is 0 Å². The van der Waals surface area contributed by atoms with Crippen LogP contribution in [0.15, 0.2) is 0 Å². The van der Waals surface area contributed by atoms with Gasteiger partial charge in [0.05, 0.1) is 35.9 Å². The van der Waals surface area contributed by atoms with Crippen LogP contribution in [0.4, 0.5) is 0 Å². The van der Waals surface area contributed by atoms with Crippen molar-refractivity contribution in [3.63, 3.8) is 0 Å². The molecule has 0 saturated heterocycles.